The number of carbonyl (C=O) groups excluding carboxylic acids is 2. The maximum absolute atomic E-state index is 13.5. The van der Waals surface area contributed by atoms with Gasteiger partial charge in [0.15, 0.2) is 0 Å². The van der Waals surface area contributed by atoms with E-state index in [0.29, 0.717) is 19.6 Å². The molecule has 0 N–H and O–H groups in total. The van der Waals surface area contributed by atoms with Gasteiger partial charge >= 0.3 is 0 Å². The average molecular weight is 450 g/mol. The van der Waals surface area contributed by atoms with E-state index in [4.69, 9.17) is 14.6 Å². The molecule has 7 heteroatoms. The zero-order valence-corrected chi connectivity index (χ0v) is 19.5. The fourth-order valence-electron chi connectivity index (χ4n) is 4.04. The highest BCUT2D eigenvalue weighted by molar-refractivity contribution is 6.03. The van der Waals surface area contributed by atoms with Gasteiger partial charge in [-0.1, -0.05) is 29.8 Å². The summed E-state index contributed by atoms with van der Waals surface area (Å²) in [7, 11) is 3.23. The van der Waals surface area contributed by atoms with Crippen molar-refractivity contribution in [2.24, 2.45) is 11.0 Å². The van der Waals surface area contributed by atoms with Gasteiger partial charge in [0.05, 0.1) is 25.5 Å². The van der Waals surface area contributed by atoms with Crippen LogP contribution in [0.5, 0.6) is 5.75 Å². The Morgan fingerprint density at radius 3 is 2.36 bits per heavy atom. The van der Waals surface area contributed by atoms with Crippen molar-refractivity contribution in [3.05, 3.63) is 65.2 Å². The van der Waals surface area contributed by atoms with Gasteiger partial charge in [0, 0.05) is 26.0 Å². The van der Waals surface area contributed by atoms with Crippen LogP contribution in [0.15, 0.2) is 53.6 Å². The Kier molecular flexibility index (Phi) is 7.08. The second kappa shape index (κ2) is 10.2. The third-order valence-electron chi connectivity index (χ3n) is 6.18. The van der Waals surface area contributed by atoms with Gasteiger partial charge in [-0.3, -0.25) is 9.59 Å². The fourth-order valence-corrected chi connectivity index (χ4v) is 4.04. The van der Waals surface area contributed by atoms with E-state index in [1.807, 2.05) is 55.5 Å². The average Bonchev–Trinajstić information content (AvgIpc) is 3.60. The SMILES string of the molecule is COCCN(CC(=O)N1N=C(c2ccc(OC)cc2)C[C@@H]1c1ccc(C)cc1)C(=O)C1CC1. The van der Waals surface area contributed by atoms with Crippen molar-refractivity contribution < 1.29 is 19.1 Å². The molecule has 1 atom stereocenters. The molecule has 2 aliphatic rings. The van der Waals surface area contributed by atoms with E-state index in [1.54, 1.807) is 24.1 Å². The molecule has 0 aromatic heterocycles. The quantitative estimate of drug-likeness (QED) is 0.587. The van der Waals surface area contributed by atoms with Crippen LogP contribution in [0, 0.1) is 12.8 Å². The Morgan fingerprint density at radius 2 is 1.76 bits per heavy atom. The summed E-state index contributed by atoms with van der Waals surface area (Å²) in [6.07, 6.45) is 2.40. The molecule has 174 valence electrons. The van der Waals surface area contributed by atoms with Crippen LogP contribution in [0.2, 0.25) is 0 Å². The molecule has 2 aromatic carbocycles. The first-order chi connectivity index (χ1) is 16.0. The first-order valence-electron chi connectivity index (χ1n) is 11.4. The van der Waals surface area contributed by atoms with E-state index in [9.17, 15) is 9.59 Å². The minimum absolute atomic E-state index is 0.000444. The molecule has 1 fully saturated rings. The number of aryl methyl sites for hydroxylation is 1. The van der Waals surface area contributed by atoms with E-state index in [0.717, 1.165) is 41.0 Å². The first-order valence-corrected chi connectivity index (χ1v) is 11.4. The summed E-state index contributed by atoms with van der Waals surface area (Å²) >= 11 is 0. The van der Waals surface area contributed by atoms with Crippen LogP contribution < -0.4 is 4.74 Å². The molecule has 4 rings (SSSR count). The molecular formula is C26H31N3O4. The molecular weight excluding hydrogens is 418 g/mol. The van der Waals surface area contributed by atoms with Crippen LogP contribution in [-0.2, 0) is 14.3 Å². The fraction of sp³-hybridized carbons (Fsp3) is 0.423. The van der Waals surface area contributed by atoms with Gasteiger partial charge in [0.25, 0.3) is 5.91 Å². The highest BCUT2D eigenvalue weighted by Gasteiger charge is 2.37. The van der Waals surface area contributed by atoms with Crippen molar-refractivity contribution in [3.63, 3.8) is 0 Å². The van der Waals surface area contributed by atoms with E-state index >= 15 is 0 Å². The molecule has 1 heterocycles. The molecule has 7 nitrogen and oxygen atoms in total. The van der Waals surface area contributed by atoms with Gasteiger partial charge in [-0.05, 0) is 55.2 Å². The van der Waals surface area contributed by atoms with E-state index in [-0.39, 0.29) is 30.3 Å². The monoisotopic (exact) mass is 449 g/mol. The maximum Gasteiger partial charge on any atom is 0.262 e. The lowest BCUT2D eigenvalue weighted by Crippen LogP contribution is -2.43. The van der Waals surface area contributed by atoms with Gasteiger partial charge in [-0.25, -0.2) is 5.01 Å². The second-order valence-electron chi connectivity index (χ2n) is 8.67. The molecule has 1 aliphatic heterocycles. The molecule has 1 aliphatic carbocycles. The molecule has 0 spiro atoms. The van der Waals surface area contributed by atoms with Crippen molar-refractivity contribution in [1.82, 2.24) is 9.91 Å². The summed E-state index contributed by atoms with van der Waals surface area (Å²) in [6.45, 7) is 2.83. The third kappa shape index (κ3) is 5.42. The normalized spacial score (nSPS) is 17.6. The van der Waals surface area contributed by atoms with Crippen LogP contribution in [-0.4, -0.2) is 61.4 Å². The Hall–Kier alpha value is -3.19. The van der Waals surface area contributed by atoms with E-state index in [2.05, 4.69) is 0 Å². The standard InChI is InChI=1S/C26H31N3O4/c1-18-4-6-20(7-5-18)24-16-23(19-10-12-22(33-3)13-11-19)27-29(24)25(30)17-28(14-15-32-2)26(31)21-8-9-21/h4-7,10-13,21,24H,8-9,14-17H2,1-3H3/t24-/m1/s1. The van der Waals surface area contributed by atoms with Crippen molar-refractivity contribution in [3.8, 4) is 5.75 Å². The van der Waals surface area contributed by atoms with Crippen molar-refractivity contribution in [2.45, 2.75) is 32.2 Å². The van der Waals surface area contributed by atoms with Gasteiger partial charge < -0.3 is 14.4 Å². The molecule has 2 aromatic rings. The number of nitrogens with zero attached hydrogens (tertiary/aromatic N) is 3. The van der Waals surface area contributed by atoms with Crippen molar-refractivity contribution in [2.75, 3.05) is 33.9 Å². The largest absolute Gasteiger partial charge is 0.497 e. The predicted octanol–water partition coefficient (Wildman–Crippen LogP) is 3.57. The number of hydrogen-bond acceptors (Lipinski definition) is 5. The zero-order valence-electron chi connectivity index (χ0n) is 19.5. The van der Waals surface area contributed by atoms with Crippen molar-refractivity contribution in [1.29, 1.82) is 0 Å². The number of hydrogen-bond donors (Lipinski definition) is 0. The van der Waals surface area contributed by atoms with Crippen LogP contribution in [0.4, 0.5) is 0 Å². The Labute approximate surface area is 195 Å². The summed E-state index contributed by atoms with van der Waals surface area (Å²) in [4.78, 5) is 27.8. The number of carbonyl (C=O) groups is 2. The minimum Gasteiger partial charge on any atom is -0.497 e. The van der Waals surface area contributed by atoms with Crippen LogP contribution in [0.1, 0.15) is 42.0 Å². The Morgan fingerprint density at radius 1 is 1.06 bits per heavy atom. The van der Waals surface area contributed by atoms with E-state index < -0.39 is 0 Å². The number of hydrazone groups is 1. The lowest BCUT2D eigenvalue weighted by Gasteiger charge is -2.27. The van der Waals surface area contributed by atoms with Crippen LogP contribution in [0.3, 0.4) is 0 Å². The van der Waals surface area contributed by atoms with Gasteiger partial charge in [0.2, 0.25) is 5.91 Å². The van der Waals surface area contributed by atoms with Crippen LogP contribution >= 0.6 is 0 Å². The summed E-state index contributed by atoms with van der Waals surface area (Å²) in [5.74, 6) is 0.659. The topological polar surface area (TPSA) is 71.4 Å². The summed E-state index contributed by atoms with van der Waals surface area (Å²) in [6, 6.07) is 15.7. The number of rotatable bonds is 9. The summed E-state index contributed by atoms with van der Waals surface area (Å²) in [5, 5.41) is 6.30. The molecule has 0 bridgehead atoms. The zero-order chi connectivity index (χ0) is 23.4. The first kappa shape index (κ1) is 23.0. The number of methoxy groups -OCH3 is 2. The van der Waals surface area contributed by atoms with Gasteiger partial charge in [-0.15, -0.1) is 0 Å². The molecule has 1 saturated carbocycles. The highest BCUT2D eigenvalue weighted by Crippen LogP contribution is 2.34. The number of benzene rings is 2. The Balaban J connectivity index is 1.59. The lowest BCUT2D eigenvalue weighted by atomic mass is 9.97. The summed E-state index contributed by atoms with van der Waals surface area (Å²) in [5.41, 5.74) is 3.98. The number of amides is 2. The minimum atomic E-state index is -0.212. The van der Waals surface area contributed by atoms with Crippen LogP contribution in [0.25, 0.3) is 0 Å². The molecule has 0 unspecified atom stereocenters. The van der Waals surface area contributed by atoms with Gasteiger partial charge in [0.1, 0.15) is 12.3 Å². The Bertz CT molecular complexity index is 1010. The smallest absolute Gasteiger partial charge is 0.262 e. The second-order valence-corrected chi connectivity index (χ2v) is 8.67. The van der Waals surface area contributed by atoms with E-state index in [1.165, 1.54) is 0 Å². The summed E-state index contributed by atoms with van der Waals surface area (Å²) < 4.78 is 10.4. The predicted molar refractivity (Wildman–Crippen MR) is 126 cm³/mol. The maximum atomic E-state index is 13.5. The highest BCUT2D eigenvalue weighted by atomic mass is 16.5. The lowest BCUT2D eigenvalue weighted by molar-refractivity contribution is -0.142. The van der Waals surface area contributed by atoms with Crippen molar-refractivity contribution >= 4 is 17.5 Å². The van der Waals surface area contributed by atoms with Gasteiger partial charge in [-0.2, -0.15) is 5.10 Å². The molecule has 0 saturated heterocycles. The number of ether oxygens (including phenoxy) is 2. The molecule has 33 heavy (non-hydrogen) atoms. The molecule has 2 amide bonds. The molecule has 0 radical (unpaired) electrons. The third-order valence-corrected chi connectivity index (χ3v) is 6.18.